The minimum absolute atomic E-state index is 0.0765. The number of nitrogens with one attached hydrogen (secondary N) is 3. The molecule has 28 heavy (non-hydrogen) atoms. The lowest BCUT2D eigenvalue weighted by molar-refractivity contribution is -0.117. The molecule has 0 radical (unpaired) electrons. The summed E-state index contributed by atoms with van der Waals surface area (Å²) in [4.78, 5) is 29.5. The summed E-state index contributed by atoms with van der Waals surface area (Å²) in [6.45, 7) is 2.52. The average Bonchev–Trinajstić information content (AvgIpc) is 3.40. The highest BCUT2D eigenvalue weighted by molar-refractivity contribution is 5.99. The summed E-state index contributed by atoms with van der Waals surface area (Å²) in [5.41, 5.74) is 3.55. The molecule has 0 unspecified atom stereocenters. The van der Waals surface area contributed by atoms with Crippen LogP contribution in [0.25, 0.3) is 10.9 Å². The van der Waals surface area contributed by atoms with E-state index in [1.807, 2.05) is 18.3 Å². The van der Waals surface area contributed by atoms with Crippen molar-refractivity contribution in [2.75, 3.05) is 17.2 Å². The van der Waals surface area contributed by atoms with Crippen molar-refractivity contribution in [2.45, 2.75) is 32.4 Å². The van der Waals surface area contributed by atoms with Crippen LogP contribution in [0.4, 0.5) is 11.4 Å². The lowest BCUT2D eigenvalue weighted by Crippen LogP contribution is -2.34. The fourth-order valence-electron chi connectivity index (χ4n) is 3.45. The van der Waals surface area contributed by atoms with Gasteiger partial charge < -0.3 is 15.6 Å². The zero-order valence-corrected chi connectivity index (χ0v) is 15.9. The largest absolute Gasteiger partial charge is 0.361 e. The quantitative estimate of drug-likeness (QED) is 0.588. The molecule has 144 valence electrons. The molecule has 0 spiro atoms. The molecule has 0 atom stereocenters. The molecule has 2 aromatic carbocycles. The number of carbonyl (C=O) groups excluding carboxylic acids is 2. The molecule has 1 aliphatic rings. The van der Waals surface area contributed by atoms with Gasteiger partial charge in [0.1, 0.15) is 0 Å². The minimum Gasteiger partial charge on any atom is -0.361 e. The number of hydrogen-bond donors (Lipinski definition) is 3. The Kier molecular flexibility index (Phi) is 5.12. The van der Waals surface area contributed by atoms with Gasteiger partial charge in [0.05, 0.1) is 17.9 Å². The second-order valence-corrected chi connectivity index (χ2v) is 7.31. The van der Waals surface area contributed by atoms with Crippen LogP contribution >= 0.6 is 0 Å². The summed E-state index contributed by atoms with van der Waals surface area (Å²) >= 11 is 0. The van der Waals surface area contributed by atoms with E-state index >= 15 is 0 Å². The number of benzene rings is 2. The Morgan fingerprint density at radius 3 is 2.54 bits per heavy atom. The van der Waals surface area contributed by atoms with Crippen LogP contribution in [0.5, 0.6) is 0 Å². The Morgan fingerprint density at radius 2 is 1.82 bits per heavy atom. The fraction of sp³-hybridized carbons (Fsp3) is 0.273. The molecule has 1 fully saturated rings. The highest BCUT2D eigenvalue weighted by atomic mass is 16.2. The van der Waals surface area contributed by atoms with Crippen LogP contribution in [0.3, 0.4) is 0 Å². The number of rotatable bonds is 7. The van der Waals surface area contributed by atoms with Gasteiger partial charge in [0.15, 0.2) is 0 Å². The summed E-state index contributed by atoms with van der Waals surface area (Å²) < 4.78 is 0. The Hall–Kier alpha value is -3.12. The number of aromatic amines is 1. The number of anilines is 2. The van der Waals surface area contributed by atoms with Gasteiger partial charge >= 0.3 is 0 Å². The monoisotopic (exact) mass is 376 g/mol. The second-order valence-electron chi connectivity index (χ2n) is 7.31. The van der Waals surface area contributed by atoms with Gasteiger partial charge in [-0.2, -0.15) is 0 Å². The Balaban J connectivity index is 1.43. The van der Waals surface area contributed by atoms with Crippen LogP contribution in [-0.4, -0.2) is 34.3 Å². The number of amides is 2. The Labute approximate surface area is 163 Å². The number of fused-ring (bicyclic) bond motifs is 1. The maximum Gasteiger partial charge on any atom is 0.238 e. The lowest BCUT2D eigenvalue weighted by atomic mass is 10.1. The van der Waals surface area contributed by atoms with Crippen molar-refractivity contribution in [3.8, 4) is 0 Å². The maximum atomic E-state index is 12.7. The highest BCUT2D eigenvalue weighted by Gasteiger charge is 2.30. The van der Waals surface area contributed by atoms with Gasteiger partial charge in [-0.25, -0.2) is 0 Å². The lowest BCUT2D eigenvalue weighted by Gasteiger charge is -2.22. The molecule has 1 heterocycles. The van der Waals surface area contributed by atoms with E-state index in [0.717, 1.165) is 24.9 Å². The van der Waals surface area contributed by atoms with Crippen molar-refractivity contribution in [1.29, 1.82) is 0 Å². The highest BCUT2D eigenvalue weighted by Crippen LogP contribution is 2.29. The summed E-state index contributed by atoms with van der Waals surface area (Å²) in [7, 11) is 0. The molecule has 0 saturated heterocycles. The fourth-order valence-corrected chi connectivity index (χ4v) is 3.45. The van der Waals surface area contributed by atoms with Crippen LogP contribution in [0.1, 0.15) is 25.3 Å². The molecule has 2 amide bonds. The van der Waals surface area contributed by atoms with Crippen molar-refractivity contribution in [3.63, 3.8) is 0 Å². The van der Waals surface area contributed by atoms with Gasteiger partial charge in [-0.05, 0) is 54.1 Å². The van der Waals surface area contributed by atoms with E-state index in [9.17, 15) is 9.59 Å². The number of nitrogens with zero attached hydrogens (tertiary/aromatic N) is 1. The Morgan fingerprint density at radius 1 is 1.07 bits per heavy atom. The predicted molar refractivity (Wildman–Crippen MR) is 111 cm³/mol. The third-order valence-electron chi connectivity index (χ3n) is 4.93. The first-order chi connectivity index (χ1) is 13.6. The second kappa shape index (κ2) is 7.86. The first kappa shape index (κ1) is 18.3. The molecule has 4 rings (SSSR count). The van der Waals surface area contributed by atoms with E-state index in [1.54, 1.807) is 12.1 Å². The predicted octanol–water partition coefficient (Wildman–Crippen LogP) is 3.73. The maximum absolute atomic E-state index is 12.7. The summed E-state index contributed by atoms with van der Waals surface area (Å²) in [5, 5.41) is 6.87. The van der Waals surface area contributed by atoms with Gasteiger partial charge in [0, 0.05) is 31.2 Å². The third kappa shape index (κ3) is 4.40. The smallest absolute Gasteiger partial charge is 0.238 e. The zero-order valence-electron chi connectivity index (χ0n) is 15.9. The topological polar surface area (TPSA) is 77.2 Å². The van der Waals surface area contributed by atoms with E-state index in [2.05, 4.69) is 44.8 Å². The van der Waals surface area contributed by atoms with Crippen molar-refractivity contribution >= 4 is 34.1 Å². The van der Waals surface area contributed by atoms with E-state index in [0.29, 0.717) is 24.0 Å². The first-order valence-corrected chi connectivity index (χ1v) is 9.55. The summed E-state index contributed by atoms with van der Waals surface area (Å²) in [5.74, 6) is -0.242. The molecule has 0 bridgehead atoms. The summed E-state index contributed by atoms with van der Waals surface area (Å²) in [6, 6.07) is 16.1. The normalized spacial score (nSPS) is 13.6. The molecular formula is C22H24N4O2. The van der Waals surface area contributed by atoms with Crippen LogP contribution in [0.2, 0.25) is 0 Å². The Bertz CT molecular complexity index is 1010. The van der Waals surface area contributed by atoms with Crippen molar-refractivity contribution in [3.05, 3.63) is 60.3 Å². The number of H-pyrrole nitrogens is 1. The SMILES string of the molecule is CC(=O)Nc1ccccc1NC(=O)CN(Cc1ccc2[nH]ccc2c1)C1CC1. The van der Waals surface area contributed by atoms with Crippen LogP contribution in [0, 0.1) is 0 Å². The molecule has 1 saturated carbocycles. The third-order valence-corrected chi connectivity index (χ3v) is 4.93. The molecule has 6 nitrogen and oxygen atoms in total. The van der Waals surface area contributed by atoms with Crippen molar-refractivity contribution in [2.24, 2.45) is 0 Å². The molecule has 1 aromatic heterocycles. The number of hydrogen-bond acceptors (Lipinski definition) is 3. The molecule has 3 N–H and O–H groups in total. The molecule has 1 aliphatic carbocycles. The van der Waals surface area contributed by atoms with Crippen LogP contribution < -0.4 is 10.6 Å². The van der Waals surface area contributed by atoms with E-state index in [-0.39, 0.29) is 11.8 Å². The van der Waals surface area contributed by atoms with Gasteiger partial charge in [-0.3, -0.25) is 14.5 Å². The number of aromatic nitrogens is 1. The minimum atomic E-state index is -0.165. The standard InChI is InChI=1S/C22H24N4O2/c1-15(27)24-20-4-2-3-5-21(20)25-22(28)14-26(18-7-8-18)13-16-6-9-19-17(12-16)10-11-23-19/h2-6,9-12,18,23H,7-8,13-14H2,1H3,(H,24,27)(H,25,28). The van der Waals surface area contributed by atoms with E-state index < -0.39 is 0 Å². The van der Waals surface area contributed by atoms with Gasteiger partial charge in [0.2, 0.25) is 11.8 Å². The summed E-state index contributed by atoms with van der Waals surface area (Å²) in [6.07, 6.45) is 4.19. The van der Waals surface area contributed by atoms with Gasteiger partial charge in [0.25, 0.3) is 0 Å². The van der Waals surface area contributed by atoms with E-state index in [1.165, 1.54) is 17.9 Å². The van der Waals surface area contributed by atoms with Gasteiger partial charge in [-0.15, -0.1) is 0 Å². The molecule has 0 aliphatic heterocycles. The van der Waals surface area contributed by atoms with Gasteiger partial charge in [-0.1, -0.05) is 18.2 Å². The molecule has 3 aromatic rings. The van der Waals surface area contributed by atoms with E-state index in [4.69, 9.17) is 0 Å². The molecule has 6 heteroatoms. The van der Waals surface area contributed by atoms with Crippen LogP contribution in [-0.2, 0) is 16.1 Å². The first-order valence-electron chi connectivity index (χ1n) is 9.55. The number of carbonyl (C=O) groups is 2. The van der Waals surface area contributed by atoms with Crippen molar-refractivity contribution in [1.82, 2.24) is 9.88 Å². The number of para-hydroxylation sites is 2. The zero-order chi connectivity index (χ0) is 19.5. The average molecular weight is 376 g/mol. The van der Waals surface area contributed by atoms with Crippen molar-refractivity contribution < 1.29 is 9.59 Å². The molecular weight excluding hydrogens is 352 g/mol. The van der Waals surface area contributed by atoms with Crippen LogP contribution in [0.15, 0.2) is 54.7 Å².